The number of halogens is 2. The molecule has 0 saturated carbocycles. The Morgan fingerprint density at radius 3 is 2.11 bits per heavy atom. The van der Waals surface area contributed by atoms with E-state index < -0.39 is 23.4 Å². The van der Waals surface area contributed by atoms with Crippen molar-refractivity contribution >= 4 is 49.9 Å². The molecule has 0 saturated heterocycles. The number of rotatable bonds is 4. The van der Waals surface area contributed by atoms with Crippen LogP contribution in [0.4, 0.5) is 15.4 Å². The van der Waals surface area contributed by atoms with Gasteiger partial charge >= 0.3 is 12.2 Å². The fourth-order valence-corrected chi connectivity index (χ4v) is 3.64. The molecule has 0 radical (unpaired) electrons. The maximum absolute atomic E-state index is 13.1. The van der Waals surface area contributed by atoms with Crippen molar-refractivity contribution in [2.45, 2.75) is 65.0 Å². The number of amides is 2. The highest BCUT2D eigenvalue weighted by Crippen LogP contribution is 2.33. The molecule has 0 unspecified atom stereocenters. The summed E-state index contributed by atoms with van der Waals surface area (Å²) in [4.78, 5) is 35.6. The predicted molar refractivity (Wildman–Crippen MR) is 141 cm³/mol. The molecular weight excluding hydrogens is 598 g/mol. The van der Waals surface area contributed by atoms with Crippen LogP contribution in [0.1, 0.15) is 52.7 Å². The fraction of sp³-hybridized carbons (Fsp3) is 0.417. The second-order valence-electron chi connectivity index (χ2n) is 9.86. The lowest BCUT2D eigenvalue weighted by Crippen LogP contribution is -2.44. The number of ether oxygens (including phenoxy) is 2. The molecule has 2 aromatic heterocycles. The molecule has 3 aromatic rings. The van der Waals surface area contributed by atoms with Crippen molar-refractivity contribution in [3.63, 3.8) is 0 Å². The molecule has 1 aromatic carbocycles. The summed E-state index contributed by atoms with van der Waals surface area (Å²) < 4.78 is 17.2. The lowest BCUT2D eigenvalue weighted by atomic mass is 10.1. The summed E-state index contributed by atoms with van der Waals surface area (Å²) in [6.45, 7) is 12.0. The summed E-state index contributed by atoms with van der Waals surface area (Å²) in [7, 11) is 0. The molecule has 0 spiro atoms. The van der Waals surface area contributed by atoms with E-state index in [2.05, 4.69) is 52.0 Å². The van der Waals surface area contributed by atoms with Gasteiger partial charge in [0.05, 0.1) is 6.20 Å². The van der Waals surface area contributed by atoms with Gasteiger partial charge in [-0.05, 0) is 81.6 Å². The molecule has 0 atom stereocenters. The van der Waals surface area contributed by atoms with Gasteiger partial charge in [0.1, 0.15) is 15.8 Å². The van der Waals surface area contributed by atoms with Gasteiger partial charge < -0.3 is 13.9 Å². The zero-order valence-electron chi connectivity index (χ0n) is 21.0. The van der Waals surface area contributed by atoms with Crippen LogP contribution in [0.5, 0.6) is 0 Å². The molecule has 12 heteroatoms. The van der Waals surface area contributed by atoms with E-state index in [0.29, 0.717) is 14.8 Å². The Balaban J connectivity index is 2.12. The normalized spacial score (nSPS) is 11.8. The van der Waals surface area contributed by atoms with E-state index >= 15 is 0 Å². The van der Waals surface area contributed by atoms with Crippen LogP contribution in [0.2, 0.25) is 0 Å². The number of aryl methyl sites for hydroxylation is 1. The predicted octanol–water partition coefficient (Wildman–Crippen LogP) is 6.84. The van der Waals surface area contributed by atoms with Crippen LogP contribution in [0.15, 0.2) is 33.4 Å². The molecule has 2 heterocycles. The first-order valence-corrected chi connectivity index (χ1v) is 12.9. The van der Waals surface area contributed by atoms with Gasteiger partial charge in [-0.25, -0.2) is 19.6 Å². The Morgan fingerprint density at radius 2 is 1.58 bits per heavy atom. The Hall–Kier alpha value is -2.86. The van der Waals surface area contributed by atoms with Gasteiger partial charge in [0, 0.05) is 10.9 Å². The average molecular weight is 625 g/mol. The van der Waals surface area contributed by atoms with Gasteiger partial charge in [-0.2, -0.15) is 4.90 Å². The molecule has 36 heavy (non-hydrogen) atoms. The van der Waals surface area contributed by atoms with Gasteiger partial charge in [0.15, 0.2) is 11.5 Å². The van der Waals surface area contributed by atoms with Crippen LogP contribution >= 0.6 is 31.9 Å². The van der Waals surface area contributed by atoms with Crippen molar-refractivity contribution in [1.82, 2.24) is 20.2 Å². The minimum absolute atomic E-state index is 0.00502. The van der Waals surface area contributed by atoms with Crippen molar-refractivity contribution in [2.24, 2.45) is 0 Å². The Labute approximate surface area is 226 Å². The van der Waals surface area contributed by atoms with Crippen LogP contribution in [-0.4, -0.2) is 43.6 Å². The molecule has 0 bridgehead atoms. The SMILES string of the molecule is Cc1cc(CBr)ccc1-c1nnc(-c2nc(Br)cnc2N(C(=O)OC(C)(C)C)C(=O)OC(C)(C)C)o1. The van der Waals surface area contributed by atoms with Crippen molar-refractivity contribution in [2.75, 3.05) is 4.90 Å². The minimum atomic E-state index is -0.990. The van der Waals surface area contributed by atoms with E-state index in [1.54, 1.807) is 41.5 Å². The number of hydrogen-bond acceptors (Lipinski definition) is 9. The Morgan fingerprint density at radius 1 is 1.00 bits per heavy atom. The van der Waals surface area contributed by atoms with Gasteiger partial charge in [-0.15, -0.1) is 10.2 Å². The first kappa shape index (κ1) is 27.7. The number of carbonyl (C=O) groups excluding carboxylic acids is 2. The lowest BCUT2D eigenvalue weighted by Gasteiger charge is -2.28. The molecular formula is C24H27Br2N5O5. The van der Waals surface area contributed by atoms with Crippen LogP contribution in [-0.2, 0) is 14.8 Å². The average Bonchev–Trinajstić information content (AvgIpc) is 3.22. The third-order valence-corrected chi connectivity index (χ3v) is 5.42. The summed E-state index contributed by atoms with van der Waals surface area (Å²) in [5, 5.41) is 8.99. The van der Waals surface area contributed by atoms with E-state index in [4.69, 9.17) is 13.9 Å². The number of benzene rings is 1. The number of hydrogen-bond donors (Lipinski definition) is 0. The third kappa shape index (κ3) is 6.88. The molecule has 192 valence electrons. The van der Waals surface area contributed by atoms with Crippen LogP contribution in [0.3, 0.4) is 0 Å². The van der Waals surface area contributed by atoms with Crippen molar-refractivity contribution in [3.8, 4) is 23.0 Å². The summed E-state index contributed by atoms with van der Waals surface area (Å²) >= 11 is 6.72. The van der Waals surface area contributed by atoms with Gasteiger partial charge in [-0.1, -0.05) is 28.1 Å². The van der Waals surface area contributed by atoms with Crippen LogP contribution < -0.4 is 4.90 Å². The third-order valence-electron chi connectivity index (χ3n) is 4.39. The van der Waals surface area contributed by atoms with Crippen molar-refractivity contribution in [3.05, 3.63) is 40.1 Å². The maximum atomic E-state index is 13.1. The standard InChI is InChI=1S/C24H27Br2N5O5/c1-13-10-14(11-25)8-9-15(13)19-29-30-20(34-19)17-18(27-12-16(26)28-17)31(21(32)35-23(2,3)4)22(33)36-24(5,6)7/h8-10,12H,11H2,1-7H3. The Kier molecular flexibility index (Phi) is 8.19. The van der Waals surface area contributed by atoms with Crippen LogP contribution in [0.25, 0.3) is 23.0 Å². The highest BCUT2D eigenvalue weighted by atomic mass is 79.9. The molecule has 0 aliphatic carbocycles. The highest BCUT2D eigenvalue weighted by Gasteiger charge is 2.37. The molecule has 0 N–H and O–H groups in total. The minimum Gasteiger partial charge on any atom is -0.443 e. The monoisotopic (exact) mass is 623 g/mol. The summed E-state index contributed by atoms with van der Waals surface area (Å²) in [5.41, 5.74) is 0.982. The van der Waals surface area contributed by atoms with Crippen LogP contribution in [0, 0.1) is 6.92 Å². The molecule has 0 aliphatic rings. The summed E-state index contributed by atoms with van der Waals surface area (Å²) in [5.74, 6) is 0.0237. The number of alkyl halides is 1. The van der Waals surface area contributed by atoms with Gasteiger partial charge in [-0.3, -0.25) is 0 Å². The highest BCUT2D eigenvalue weighted by molar-refractivity contribution is 9.10. The number of anilines is 1. The molecule has 3 rings (SSSR count). The smallest absolute Gasteiger partial charge is 0.425 e. The molecule has 10 nitrogen and oxygen atoms in total. The van der Waals surface area contributed by atoms with E-state index in [9.17, 15) is 9.59 Å². The first-order valence-electron chi connectivity index (χ1n) is 11.0. The van der Waals surface area contributed by atoms with E-state index in [0.717, 1.165) is 16.7 Å². The van der Waals surface area contributed by atoms with E-state index in [1.165, 1.54) is 6.20 Å². The van der Waals surface area contributed by atoms with Crippen molar-refractivity contribution < 1.29 is 23.5 Å². The maximum Gasteiger partial charge on any atom is 0.425 e. The number of aromatic nitrogens is 4. The number of nitrogens with zero attached hydrogens (tertiary/aromatic N) is 5. The van der Waals surface area contributed by atoms with Crippen molar-refractivity contribution in [1.29, 1.82) is 0 Å². The summed E-state index contributed by atoms with van der Waals surface area (Å²) in [6, 6.07) is 5.83. The number of imide groups is 1. The summed E-state index contributed by atoms with van der Waals surface area (Å²) in [6.07, 6.45) is -0.646. The first-order chi connectivity index (χ1) is 16.7. The number of carbonyl (C=O) groups is 2. The fourth-order valence-electron chi connectivity index (χ4n) is 3.01. The quantitative estimate of drug-likeness (QED) is 0.287. The van der Waals surface area contributed by atoms with E-state index in [1.807, 2.05) is 25.1 Å². The van der Waals surface area contributed by atoms with E-state index in [-0.39, 0.29) is 23.3 Å². The Bertz CT molecular complexity index is 1250. The molecule has 2 amide bonds. The zero-order chi connectivity index (χ0) is 26.8. The van der Waals surface area contributed by atoms with Gasteiger partial charge in [0.25, 0.3) is 5.89 Å². The molecule has 0 fully saturated rings. The van der Waals surface area contributed by atoms with Gasteiger partial charge in [0.2, 0.25) is 5.89 Å². The second kappa shape index (κ2) is 10.6. The largest absolute Gasteiger partial charge is 0.443 e. The lowest BCUT2D eigenvalue weighted by molar-refractivity contribution is 0.0429. The second-order valence-corrected chi connectivity index (χ2v) is 11.2. The zero-order valence-corrected chi connectivity index (χ0v) is 24.2. The molecule has 0 aliphatic heterocycles. The topological polar surface area (TPSA) is 121 Å².